The van der Waals surface area contributed by atoms with Crippen molar-refractivity contribution in [3.05, 3.63) is 47.8 Å². The molecular weight excluding hydrogens is 368 g/mol. The van der Waals surface area contributed by atoms with Gasteiger partial charge in [0.05, 0.1) is 0 Å². The van der Waals surface area contributed by atoms with E-state index in [9.17, 15) is 9.59 Å². The largest absolute Gasteiger partial charge is 0.361 e. The number of rotatable bonds is 5. The van der Waals surface area contributed by atoms with Crippen molar-refractivity contribution in [3.8, 4) is 0 Å². The van der Waals surface area contributed by atoms with Gasteiger partial charge in [-0.3, -0.25) is 14.3 Å². The molecule has 152 valence electrons. The molecule has 2 amide bonds. The SMILES string of the molecule is CN(C)C(=O)Cn1ccc(NC(=O)c2ccc3[nH]cc(C4CCNCC4)c3c2)n1. The molecule has 8 nitrogen and oxygen atoms in total. The van der Waals surface area contributed by atoms with Crippen LogP contribution >= 0.6 is 0 Å². The van der Waals surface area contributed by atoms with Crippen LogP contribution in [0.5, 0.6) is 0 Å². The van der Waals surface area contributed by atoms with Crippen molar-refractivity contribution >= 4 is 28.5 Å². The highest BCUT2D eigenvalue weighted by atomic mass is 16.2. The third-order valence-corrected chi connectivity index (χ3v) is 5.43. The molecule has 1 aliphatic heterocycles. The van der Waals surface area contributed by atoms with Crippen LogP contribution < -0.4 is 10.6 Å². The molecule has 0 radical (unpaired) electrons. The van der Waals surface area contributed by atoms with Crippen molar-refractivity contribution in [2.45, 2.75) is 25.3 Å². The topological polar surface area (TPSA) is 95.0 Å². The van der Waals surface area contributed by atoms with E-state index in [1.54, 1.807) is 26.4 Å². The minimum atomic E-state index is -0.214. The third kappa shape index (κ3) is 4.17. The maximum atomic E-state index is 12.8. The molecule has 1 aliphatic rings. The zero-order valence-electron chi connectivity index (χ0n) is 16.7. The number of H-pyrrole nitrogens is 1. The average Bonchev–Trinajstić information content (AvgIpc) is 3.34. The van der Waals surface area contributed by atoms with Gasteiger partial charge in [-0.05, 0) is 55.6 Å². The molecule has 0 bridgehead atoms. The Balaban J connectivity index is 1.50. The molecule has 8 heteroatoms. The van der Waals surface area contributed by atoms with Crippen molar-refractivity contribution < 1.29 is 9.59 Å². The van der Waals surface area contributed by atoms with Crippen molar-refractivity contribution in [2.24, 2.45) is 0 Å². The Morgan fingerprint density at radius 2 is 2.03 bits per heavy atom. The van der Waals surface area contributed by atoms with E-state index in [2.05, 4.69) is 26.9 Å². The normalized spacial score (nSPS) is 14.8. The summed E-state index contributed by atoms with van der Waals surface area (Å²) in [6.45, 7) is 2.19. The number of fused-ring (bicyclic) bond motifs is 1. The van der Waals surface area contributed by atoms with E-state index in [0.29, 0.717) is 17.3 Å². The van der Waals surface area contributed by atoms with Crippen LogP contribution in [0.4, 0.5) is 5.82 Å². The molecule has 3 N–H and O–H groups in total. The molecule has 0 atom stereocenters. The van der Waals surface area contributed by atoms with Gasteiger partial charge >= 0.3 is 0 Å². The van der Waals surface area contributed by atoms with Gasteiger partial charge in [0.2, 0.25) is 5.91 Å². The van der Waals surface area contributed by atoms with Gasteiger partial charge in [-0.25, -0.2) is 0 Å². The lowest BCUT2D eigenvalue weighted by molar-refractivity contribution is -0.129. The highest BCUT2D eigenvalue weighted by molar-refractivity contribution is 6.06. The first kappa shape index (κ1) is 19.2. The molecule has 1 fully saturated rings. The van der Waals surface area contributed by atoms with Crippen LogP contribution in [0, 0.1) is 0 Å². The summed E-state index contributed by atoms with van der Waals surface area (Å²) in [5.41, 5.74) is 2.91. The van der Waals surface area contributed by atoms with E-state index in [1.165, 1.54) is 15.1 Å². The van der Waals surface area contributed by atoms with Crippen LogP contribution in [-0.2, 0) is 11.3 Å². The molecule has 1 aromatic carbocycles. The second kappa shape index (κ2) is 8.08. The number of nitrogens with one attached hydrogen (secondary N) is 3. The Hall–Kier alpha value is -3.13. The molecular formula is C21H26N6O2. The lowest BCUT2D eigenvalue weighted by Crippen LogP contribution is -2.26. The smallest absolute Gasteiger partial charge is 0.256 e. The van der Waals surface area contributed by atoms with Crippen LogP contribution in [-0.4, -0.2) is 58.7 Å². The number of aromatic amines is 1. The number of benzene rings is 1. The molecule has 0 spiro atoms. The number of carbonyl (C=O) groups excluding carboxylic acids is 2. The fourth-order valence-electron chi connectivity index (χ4n) is 3.74. The summed E-state index contributed by atoms with van der Waals surface area (Å²) in [4.78, 5) is 29.4. The van der Waals surface area contributed by atoms with E-state index >= 15 is 0 Å². The molecule has 0 aliphatic carbocycles. The highest BCUT2D eigenvalue weighted by Gasteiger charge is 2.19. The van der Waals surface area contributed by atoms with Crippen LogP contribution in [0.1, 0.15) is 34.7 Å². The Bertz CT molecular complexity index is 1030. The average molecular weight is 394 g/mol. The fourth-order valence-corrected chi connectivity index (χ4v) is 3.74. The highest BCUT2D eigenvalue weighted by Crippen LogP contribution is 2.32. The van der Waals surface area contributed by atoms with Gasteiger partial charge < -0.3 is 20.5 Å². The summed E-state index contributed by atoms with van der Waals surface area (Å²) >= 11 is 0. The molecule has 0 unspecified atom stereocenters. The zero-order chi connectivity index (χ0) is 20.4. The van der Waals surface area contributed by atoms with Crippen molar-refractivity contribution in [2.75, 3.05) is 32.5 Å². The van der Waals surface area contributed by atoms with E-state index in [-0.39, 0.29) is 18.4 Å². The number of hydrogen-bond donors (Lipinski definition) is 3. The Labute approximate surface area is 169 Å². The maximum Gasteiger partial charge on any atom is 0.256 e. The number of anilines is 1. The Morgan fingerprint density at radius 3 is 2.79 bits per heavy atom. The number of carbonyl (C=O) groups is 2. The minimum absolute atomic E-state index is 0.0608. The van der Waals surface area contributed by atoms with Crippen LogP contribution in [0.25, 0.3) is 10.9 Å². The number of aromatic nitrogens is 3. The predicted molar refractivity (Wildman–Crippen MR) is 112 cm³/mol. The van der Waals surface area contributed by atoms with Gasteiger partial charge in [-0.15, -0.1) is 0 Å². The van der Waals surface area contributed by atoms with E-state index < -0.39 is 0 Å². The predicted octanol–water partition coefficient (Wildman–Crippen LogP) is 2.17. The monoisotopic (exact) mass is 394 g/mol. The fraction of sp³-hybridized carbons (Fsp3) is 0.381. The first-order valence-corrected chi connectivity index (χ1v) is 9.88. The lowest BCUT2D eigenvalue weighted by atomic mass is 9.89. The van der Waals surface area contributed by atoms with Crippen molar-refractivity contribution in [1.29, 1.82) is 0 Å². The molecule has 29 heavy (non-hydrogen) atoms. The van der Waals surface area contributed by atoms with Gasteiger partial charge in [0.25, 0.3) is 5.91 Å². The number of piperidine rings is 1. The molecule has 2 aromatic heterocycles. The van der Waals surface area contributed by atoms with E-state index in [4.69, 9.17) is 0 Å². The number of amides is 2. The summed E-state index contributed by atoms with van der Waals surface area (Å²) < 4.78 is 1.52. The third-order valence-electron chi connectivity index (χ3n) is 5.43. The van der Waals surface area contributed by atoms with E-state index in [1.807, 2.05) is 18.2 Å². The van der Waals surface area contributed by atoms with Crippen LogP contribution in [0.15, 0.2) is 36.7 Å². The van der Waals surface area contributed by atoms with Gasteiger partial charge in [-0.1, -0.05) is 0 Å². The first-order valence-electron chi connectivity index (χ1n) is 9.88. The Morgan fingerprint density at radius 1 is 1.24 bits per heavy atom. The van der Waals surface area contributed by atoms with Gasteiger partial charge in [0, 0.05) is 49.0 Å². The first-order chi connectivity index (χ1) is 14.0. The quantitative estimate of drug-likeness (QED) is 0.618. The van der Waals surface area contributed by atoms with Crippen LogP contribution in [0.2, 0.25) is 0 Å². The maximum absolute atomic E-state index is 12.8. The number of nitrogens with zero attached hydrogens (tertiary/aromatic N) is 3. The summed E-state index contributed by atoms with van der Waals surface area (Å²) in [6, 6.07) is 7.40. The van der Waals surface area contributed by atoms with Gasteiger partial charge in [0.1, 0.15) is 6.54 Å². The van der Waals surface area contributed by atoms with Gasteiger partial charge in [0.15, 0.2) is 5.82 Å². The molecule has 3 heterocycles. The Kier molecular flexibility index (Phi) is 5.35. The second-order valence-electron chi connectivity index (χ2n) is 7.67. The molecule has 3 aromatic rings. The van der Waals surface area contributed by atoms with E-state index in [0.717, 1.165) is 36.8 Å². The minimum Gasteiger partial charge on any atom is -0.361 e. The van der Waals surface area contributed by atoms with Crippen LogP contribution in [0.3, 0.4) is 0 Å². The van der Waals surface area contributed by atoms with Gasteiger partial charge in [-0.2, -0.15) is 5.10 Å². The zero-order valence-corrected chi connectivity index (χ0v) is 16.7. The second-order valence-corrected chi connectivity index (χ2v) is 7.67. The summed E-state index contributed by atoms with van der Waals surface area (Å²) in [5.74, 6) is 0.658. The molecule has 4 rings (SSSR count). The number of likely N-dealkylation sites (N-methyl/N-ethyl adjacent to an activating group) is 1. The van der Waals surface area contributed by atoms with Crippen molar-refractivity contribution in [3.63, 3.8) is 0 Å². The standard InChI is InChI=1S/C21H26N6O2/c1-26(2)20(28)13-27-10-7-19(25-27)24-21(29)15-3-4-18-16(11-15)17(12-23-18)14-5-8-22-9-6-14/h3-4,7,10-12,14,22-23H,5-6,8-9,13H2,1-2H3,(H,24,25,29). The summed E-state index contributed by atoms with van der Waals surface area (Å²) in [5, 5.41) is 11.6. The summed E-state index contributed by atoms with van der Waals surface area (Å²) in [6.07, 6.45) is 5.96. The number of hydrogen-bond acceptors (Lipinski definition) is 4. The summed E-state index contributed by atoms with van der Waals surface area (Å²) in [7, 11) is 3.40. The van der Waals surface area contributed by atoms with Crippen molar-refractivity contribution in [1.82, 2.24) is 25.0 Å². The molecule has 0 saturated carbocycles. The lowest BCUT2D eigenvalue weighted by Gasteiger charge is -2.22. The molecule has 1 saturated heterocycles.